The molecule has 0 saturated heterocycles. The Bertz CT molecular complexity index is 1400. The van der Waals surface area contributed by atoms with Crippen LogP contribution in [0, 0.1) is 17.2 Å². The van der Waals surface area contributed by atoms with Gasteiger partial charge in [-0.05, 0) is 85.5 Å². The Balaban J connectivity index is 0.000000502. The summed E-state index contributed by atoms with van der Waals surface area (Å²) in [7, 11) is 1.61. The monoisotopic (exact) mass is 649 g/mol. The first-order chi connectivity index (χ1) is 21.0. The number of hydrogen-bond donors (Lipinski definition) is 3. The van der Waals surface area contributed by atoms with E-state index in [0.29, 0.717) is 45.6 Å². The van der Waals surface area contributed by atoms with Crippen LogP contribution < -0.4 is 15.8 Å². The molecule has 236 valence electrons. The van der Waals surface area contributed by atoms with Gasteiger partial charge in [-0.1, -0.05) is 29.5 Å². The van der Waals surface area contributed by atoms with Crippen molar-refractivity contribution in [2.75, 3.05) is 12.4 Å². The van der Waals surface area contributed by atoms with Crippen LogP contribution in [0.4, 0.5) is 18.3 Å². The van der Waals surface area contributed by atoms with E-state index in [0.717, 1.165) is 49.1 Å². The van der Waals surface area contributed by atoms with Gasteiger partial charge in [0.05, 0.1) is 11.5 Å². The summed E-state index contributed by atoms with van der Waals surface area (Å²) in [5, 5.41) is 21.1. The van der Waals surface area contributed by atoms with Crippen LogP contribution in [0.2, 0.25) is 0 Å². The lowest BCUT2D eigenvalue weighted by Gasteiger charge is -2.27. The lowest BCUT2D eigenvalue weighted by Crippen LogP contribution is -2.19. The number of nitrogens with two attached hydrogens (primary N) is 1. The van der Waals surface area contributed by atoms with Gasteiger partial charge >= 0.3 is 6.36 Å². The summed E-state index contributed by atoms with van der Waals surface area (Å²) >= 11 is 2.52. The van der Waals surface area contributed by atoms with Crippen molar-refractivity contribution in [1.29, 1.82) is 5.41 Å². The quantitative estimate of drug-likeness (QED) is 0.141. The van der Waals surface area contributed by atoms with Gasteiger partial charge in [-0.3, -0.25) is 20.2 Å². The lowest BCUT2D eigenvalue weighted by molar-refractivity contribution is -0.274. The molecular weight excluding hydrogens is 615 g/mol. The molecule has 1 fully saturated rings. The second-order valence-electron chi connectivity index (χ2n) is 10.00. The fraction of sp³-hybridized carbons (Fsp3) is 0.414. The third-order valence-corrected chi connectivity index (χ3v) is 8.25. The normalized spacial score (nSPS) is 16.8. The van der Waals surface area contributed by atoms with E-state index in [2.05, 4.69) is 30.2 Å². The summed E-state index contributed by atoms with van der Waals surface area (Å²) in [6, 6.07) is 10.8. The molecule has 2 heterocycles. The topological polar surface area (TPSA) is 156 Å². The first-order valence-electron chi connectivity index (χ1n) is 13.8. The van der Waals surface area contributed by atoms with E-state index < -0.39 is 12.3 Å². The Morgan fingerprint density at radius 3 is 2.59 bits per heavy atom. The van der Waals surface area contributed by atoms with Crippen molar-refractivity contribution < 1.29 is 27.5 Å². The number of amides is 1. The molecule has 1 amide bonds. The second kappa shape index (κ2) is 17.4. The average molecular weight is 650 g/mol. The van der Waals surface area contributed by atoms with Crippen LogP contribution in [0.3, 0.4) is 0 Å². The third kappa shape index (κ3) is 13.2. The molecule has 1 aliphatic rings. The number of thioether (sulfide) groups is 1. The van der Waals surface area contributed by atoms with Gasteiger partial charge in [0, 0.05) is 31.8 Å². The number of anilines is 1. The lowest BCUT2D eigenvalue weighted by atomic mass is 9.79. The fourth-order valence-corrected chi connectivity index (χ4v) is 6.09. The maximum atomic E-state index is 12.4. The number of alkyl halides is 3. The molecule has 0 aliphatic heterocycles. The van der Waals surface area contributed by atoms with Crippen LogP contribution in [0.15, 0.2) is 53.7 Å². The van der Waals surface area contributed by atoms with Crippen LogP contribution in [0.5, 0.6) is 5.75 Å². The number of ether oxygens (including phenoxy) is 1. The Morgan fingerprint density at radius 1 is 1.18 bits per heavy atom. The molecule has 0 spiro atoms. The van der Waals surface area contributed by atoms with Crippen LogP contribution in [-0.2, 0) is 28.9 Å². The Hall–Kier alpha value is -3.85. The number of nitrogens with zero attached hydrogens (tertiary/aromatic N) is 4. The van der Waals surface area contributed by atoms with Gasteiger partial charge in [0.25, 0.3) is 0 Å². The largest absolute Gasteiger partial charge is 0.573 e. The molecule has 2 aromatic heterocycles. The first-order valence-corrected chi connectivity index (χ1v) is 15.4. The molecule has 0 bridgehead atoms. The van der Waals surface area contributed by atoms with E-state index in [1.807, 2.05) is 18.2 Å². The van der Waals surface area contributed by atoms with Crippen LogP contribution >= 0.6 is 23.1 Å². The van der Waals surface area contributed by atoms with Crippen molar-refractivity contribution in [3.8, 4) is 5.75 Å². The highest BCUT2D eigenvalue weighted by Crippen LogP contribution is 2.34. The summed E-state index contributed by atoms with van der Waals surface area (Å²) in [5.74, 6) is 0.181. The number of pyridine rings is 1. The molecule has 1 saturated carbocycles. The number of aldehydes is 1. The Labute approximate surface area is 261 Å². The van der Waals surface area contributed by atoms with Gasteiger partial charge in [0.2, 0.25) is 11.0 Å². The number of aromatic nitrogens is 3. The summed E-state index contributed by atoms with van der Waals surface area (Å²) in [4.78, 5) is 30.1. The van der Waals surface area contributed by atoms with Gasteiger partial charge in [0.15, 0.2) is 5.17 Å². The van der Waals surface area contributed by atoms with Crippen molar-refractivity contribution >= 4 is 50.6 Å². The molecule has 1 aliphatic carbocycles. The second-order valence-corrected chi connectivity index (χ2v) is 12.2. The number of hydrogen-bond acceptors (Lipinski definition) is 10. The zero-order valence-electron chi connectivity index (χ0n) is 24.0. The standard InChI is InChI=1S/C22H27F3N6O2S2.C7H7NO/c1-28-20(27)34-17(26)10-13-5-7-14(8-6-13)12-19-30-31-21(35-19)29-18(32)11-15-3-2-4-16(9-15)33-22(23,24)25;9-6-4-7-3-1-2-5-8-7/h2-4,9,13-14,26H,5-8,10-12H2,1H3,(H2,27,28)(H,29,31,32);1-3,5-6H,4H2. The minimum atomic E-state index is -4.79. The maximum absolute atomic E-state index is 12.4. The molecule has 4 N–H and O–H groups in total. The van der Waals surface area contributed by atoms with Gasteiger partial charge in [-0.15, -0.1) is 23.4 Å². The molecule has 3 aromatic rings. The minimum absolute atomic E-state index is 0.114. The summed E-state index contributed by atoms with van der Waals surface area (Å²) in [6.45, 7) is 0. The summed E-state index contributed by atoms with van der Waals surface area (Å²) in [6.07, 6.45) is 3.69. The van der Waals surface area contributed by atoms with Crippen molar-refractivity contribution in [3.05, 3.63) is 64.9 Å². The van der Waals surface area contributed by atoms with Crippen LogP contribution in [0.25, 0.3) is 0 Å². The molecule has 0 radical (unpaired) electrons. The molecule has 1 aromatic carbocycles. The predicted molar refractivity (Wildman–Crippen MR) is 166 cm³/mol. The molecule has 10 nitrogen and oxygen atoms in total. The van der Waals surface area contributed by atoms with E-state index in [4.69, 9.17) is 11.1 Å². The third-order valence-electron chi connectivity index (χ3n) is 6.58. The maximum Gasteiger partial charge on any atom is 0.573 e. The minimum Gasteiger partial charge on any atom is -0.406 e. The van der Waals surface area contributed by atoms with E-state index >= 15 is 0 Å². The van der Waals surface area contributed by atoms with Gasteiger partial charge in [-0.2, -0.15) is 0 Å². The molecular formula is C29H34F3N7O3S2. The van der Waals surface area contributed by atoms with Gasteiger partial charge in [0.1, 0.15) is 17.0 Å². The molecule has 0 atom stereocenters. The Morgan fingerprint density at radius 2 is 1.93 bits per heavy atom. The number of amidine groups is 1. The highest BCUT2D eigenvalue weighted by atomic mass is 32.2. The molecule has 44 heavy (non-hydrogen) atoms. The smallest absolute Gasteiger partial charge is 0.406 e. The fourth-order valence-electron chi connectivity index (χ4n) is 4.55. The summed E-state index contributed by atoms with van der Waals surface area (Å²) < 4.78 is 41.0. The van der Waals surface area contributed by atoms with E-state index in [9.17, 15) is 22.8 Å². The average Bonchev–Trinajstić information content (AvgIpc) is 3.40. The predicted octanol–water partition coefficient (Wildman–Crippen LogP) is 5.83. The highest BCUT2D eigenvalue weighted by Gasteiger charge is 2.31. The van der Waals surface area contributed by atoms with Crippen molar-refractivity contribution in [2.24, 2.45) is 22.6 Å². The molecule has 4 rings (SSSR count). The number of nitrogens with one attached hydrogen (secondary N) is 2. The number of carbonyl (C=O) groups excluding carboxylic acids is 2. The van der Waals surface area contributed by atoms with E-state index in [-0.39, 0.29) is 12.2 Å². The molecule has 15 heteroatoms. The van der Waals surface area contributed by atoms with Gasteiger partial charge in [-0.25, -0.2) is 0 Å². The number of carbonyl (C=O) groups is 2. The number of rotatable bonds is 10. The first kappa shape index (κ1) is 34.6. The SMILES string of the molecule is CN=C(N)SC(=N)CC1CCC(Cc2nnc(NC(=O)Cc3cccc(OC(F)(F)F)c3)s2)CC1.O=CCc1ccccn1. The molecule has 0 unspecified atom stereocenters. The van der Waals surface area contributed by atoms with Gasteiger partial charge < -0.3 is 20.6 Å². The zero-order chi connectivity index (χ0) is 32.0. The zero-order valence-corrected chi connectivity index (χ0v) is 25.7. The van der Waals surface area contributed by atoms with Crippen LogP contribution in [0.1, 0.15) is 48.4 Å². The highest BCUT2D eigenvalue weighted by molar-refractivity contribution is 8.26. The van der Waals surface area contributed by atoms with Crippen molar-refractivity contribution in [3.63, 3.8) is 0 Å². The Kier molecular flexibility index (Phi) is 13.7. The van der Waals surface area contributed by atoms with E-state index in [1.54, 1.807) is 19.3 Å². The number of halogens is 3. The van der Waals surface area contributed by atoms with Crippen molar-refractivity contribution in [1.82, 2.24) is 15.2 Å². The number of benzene rings is 1. The van der Waals surface area contributed by atoms with Crippen LogP contribution in [-0.4, -0.2) is 51.0 Å². The van der Waals surface area contributed by atoms with E-state index in [1.165, 1.54) is 41.3 Å². The van der Waals surface area contributed by atoms with Crippen molar-refractivity contribution in [2.45, 2.75) is 57.7 Å². The summed E-state index contributed by atoms with van der Waals surface area (Å²) in [5.41, 5.74) is 6.89. The number of aliphatic imine (C=N–C) groups is 1.